The molecule has 0 radical (unpaired) electrons. The summed E-state index contributed by atoms with van der Waals surface area (Å²) in [5, 5.41) is 3.55. The summed E-state index contributed by atoms with van der Waals surface area (Å²) in [6, 6.07) is 13.6. The van der Waals surface area contributed by atoms with E-state index < -0.39 is 0 Å². The van der Waals surface area contributed by atoms with Gasteiger partial charge in [0.15, 0.2) is 0 Å². The molecule has 0 spiro atoms. The lowest BCUT2D eigenvalue weighted by Gasteiger charge is -2.02. The highest BCUT2D eigenvalue weighted by Crippen LogP contribution is 2.34. The van der Waals surface area contributed by atoms with Crippen LogP contribution in [0, 0.1) is 0 Å². The first-order valence-electron chi connectivity index (χ1n) is 6.97. The molecule has 1 aliphatic rings. The number of hydrogen-bond acceptors (Lipinski definition) is 2. The maximum absolute atomic E-state index is 3.62. The Morgan fingerprint density at radius 2 is 2.10 bits per heavy atom. The van der Waals surface area contributed by atoms with E-state index in [4.69, 9.17) is 0 Å². The fraction of sp³-hybridized carbons (Fsp3) is 0.294. The van der Waals surface area contributed by atoms with E-state index in [1.165, 1.54) is 33.7 Å². The van der Waals surface area contributed by atoms with Crippen LogP contribution in [0.25, 0.3) is 16.5 Å². The molecule has 2 aromatic rings. The number of nitrogens with one attached hydrogen (secondary N) is 1. The molecule has 1 N–H and O–H groups in total. The van der Waals surface area contributed by atoms with Crippen molar-refractivity contribution in [1.82, 2.24) is 5.32 Å². The molecule has 0 saturated heterocycles. The highest BCUT2D eigenvalue weighted by atomic mass is 79.9. The van der Waals surface area contributed by atoms with Crippen LogP contribution in [0.2, 0.25) is 0 Å². The van der Waals surface area contributed by atoms with Gasteiger partial charge in [-0.05, 0) is 44.0 Å². The molecule has 0 bridgehead atoms. The second-order valence-corrected chi connectivity index (χ2v) is 7.30. The Morgan fingerprint density at radius 1 is 1.30 bits per heavy atom. The summed E-state index contributed by atoms with van der Waals surface area (Å²) < 4.78 is 1.16. The van der Waals surface area contributed by atoms with Gasteiger partial charge < -0.3 is 5.32 Å². The average Bonchev–Trinajstić information content (AvgIpc) is 3.16. The van der Waals surface area contributed by atoms with Crippen LogP contribution in [0.4, 0.5) is 0 Å². The van der Waals surface area contributed by atoms with Crippen molar-refractivity contribution in [3.63, 3.8) is 0 Å². The van der Waals surface area contributed by atoms with Crippen molar-refractivity contribution in [3.8, 4) is 10.4 Å². The third-order valence-electron chi connectivity index (χ3n) is 3.40. The quantitative estimate of drug-likeness (QED) is 0.770. The Balaban J connectivity index is 1.72. The normalized spacial score (nSPS) is 15.6. The number of thiophene rings is 1. The maximum atomic E-state index is 3.62. The minimum absolute atomic E-state index is 0.775. The first-order valence-corrected chi connectivity index (χ1v) is 8.58. The predicted octanol–water partition coefficient (Wildman–Crippen LogP) is 5.33. The van der Waals surface area contributed by atoms with Crippen molar-refractivity contribution in [1.29, 1.82) is 0 Å². The molecule has 0 amide bonds. The Labute approximate surface area is 132 Å². The lowest BCUT2D eigenvalue weighted by molar-refractivity contribution is 0.736. The zero-order valence-corrected chi connectivity index (χ0v) is 13.9. The van der Waals surface area contributed by atoms with Crippen molar-refractivity contribution < 1.29 is 0 Å². The standard InChI is InChI=1S/C17H18BrNS/c1-12(11-19-13-6-7-13)10-14-8-9-17(20-14)15-4-2-3-5-16(15)18/h2-5,8-10,13,19H,6-7,11H2,1H3. The van der Waals surface area contributed by atoms with E-state index in [-0.39, 0.29) is 0 Å². The first-order chi connectivity index (χ1) is 9.72. The van der Waals surface area contributed by atoms with Gasteiger partial charge in [0.25, 0.3) is 0 Å². The van der Waals surface area contributed by atoms with Gasteiger partial charge in [0.1, 0.15) is 0 Å². The number of halogens is 1. The van der Waals surface area contributed by atoms with Crippen LogP contribution in [-0.2, 0) is 0 Å². The fourth-order valence-electron chi connectivity index (χ4n) is 2.12. The Bertz CT molecular complexity index is 625. The molecule has 20 heavy (non-hydrogen) atoms. The molecule has 1 aromatic carbocycles. The van der Waals surface area contributed by atoms with E-state index in [0.717, 1.165) is 17.1 Å². The van der Waals surface area contributed by atoms with Gasteiger partial charge >= 0.3 is 0 Å². The van der Waals surface area contributed by atoms with Crippen LogP contribution >= 0.6 is 27.3 Å². The van der Waals surface area contributed by atoms with Gasteiger partial charge in [-0.3, -0.25) is 0 Å². The van der Waals surface area contributed by atoms with Crippen LogP contribution in [-0.4, -0.2) is 12.6 Å². The predicted molar refractivity (Wildman–Crippen MR) is 92.1 cm³/mol. The smallest absolute Gasteiger partial charge is 0.0360 e. The monoisotopic (exact) mass is 347 g/mol. The van der Waals surface area contributed by atoms with Gasteiger partial charge in [-0.15, -0.1) is 11.3 Å². The van der Waals surface area contributed by atoms with Crippen LogP contribution in [0.15, 0.2) is 46.4 Å². The average molecular weight is 348 g/mol. The second kappa shape index (κ2) is 6.25. The van der Waals surface area contributed by atoms with Crippen molar-refractivity contribution in [3.05, 3.63) is 51.3 Å². The molecule has 104 valence electrons. The molecule has 0 aliphatic heterocycles. The van der Waals surface area contributed by atoms with Crippen molar-refractivity contribution in [2.75, 3.05) is 6.54 Å². The molecule has 1 saturated carbocycles. The van der Waals surface area contributed by atoms with Gasteiger partial charge in [0.05, 0.1) is 0 Å². The second-order valence-electron chi connectivity index (χ2n) is 5.33. The van der Waals surface area contributed by atoms with E-state index in [1.54, 1.807) is 0 Å². The third kappa shape index (κ3) is 3.60. The Morgan fingerprint density at radius 3 is 2.85 bits per heavy atom. The van der Waals surface area contributed by atoms with Crippen molar-refractivity contribution in [2.24, 2.45) is 0 Å². The number of rotatable bonds is 5. The highest BCUT2D eigenvalue weighted by molar-refractivity contribution is 9.10. The molecule has 0 atom stereocenters. The summed E-state index contributed by atoms with van der Waals surface area (Å²) in [5.41, 5.74) is 2.67. The molecule has 3 heteroatoms. The van der Waals surface area contributed by atoms with Crippen LogP contribution in [0.5, 0.6) is 0 Å². The molecule has 3 rings (SSSR count). The molecule has 0 unspecified atom stereocenters. The van der Waals surface area contributed by atoms with E-state index >= 15 is 0 Å². The van der Waals surface area contributed by atoms with Crippen molar-refractivity contribution in [2.45, 2.75) is 25.8 Å². The van der Waals surface area contributed by atoms with Crippen LogP contribution < -0.4 is 5.32 Å². The maximum Gasteiger partial charge on any atom is 0.0360 e. The summed E-state index contributed by atoms with van der Waals surface area (Å²) in [7, 11) is 0. The molecule has 1 aromatic heterocycles. The molecular formula is C17H18BrNS. The molecular weight excluding hydrogens is 330 g/mol. The summed E-state index contributed by atoms with van der Waals surface area (Å²) in [6.45, 7) is 3.21. The van der Waals surface area contributed by atoms with Gasteiger partial charge in [-0.1, -0.05) is 39.7 Å². The zero-order chi connectivity index (χ0) is 13.9. The zero-order valence-electron chi connectivity index (χ0n) is 11.5. The molecule has 1 fully saturated rings. The van der Waals surface area contributed by atoms with Gasteiger partial charge in [0, 0.05) is 32.4 Å². The van der Waals surface area contributed by atoms with Crippen LogP contribution in [0.1, 0.15) is 24.6 Å². The van der Waals surface area contributed by atoms with Gasteiger partial charge in [-0.2, -0.15) is 0 Å². The number of benzene rings is 1. The largest absolute Gasteiger partial charge is 0.310 e. The highest BCUT2D eigenvalue weighted by Gasteiger charge is 2.19. The minimum Gasteiger partial charge on any atom is -0.310 e. The third-order valence-corrected chi connectivity index (χ3v) is 5.16. The lowest BCUT2D eigenvalue weighted by atomic mass is 10.2. The minimum atomic E-state index is 0.775. The van der Waals surface area contributed by atoms with Crippen molar-refractivity contribution >= 4 is 33.3 Å². The molecule has 1 heterocycles. The molecule has 1 aliphatic carbocycles. The van der Waals surface area contributed by atoms with Gasteiger partial charge in [0.2, 0.25) is 0 Å². The Kier molecular flexibility index (Phi) is 4.39. The SMILES string of the molecule is CC(=Cc1ccc(-c2ccccc2Br)s1)CNC1CC1. The first kappa shape index (κ1) is 14.1. The summed E-state index contributed by atoms with van der Waals surface area (Å²) in [4.78, 5) is 2.64. The number of hydrogen-bond donors (Lipinski definition) is 1. The van der Waals surface area contributed by atoms with Crippen LogP contribution in [0.3, 0.4) is 0 Å². The lowest BCUT2D eigenvalue weighted by Crippen LogP contribution is -2.18. The fourth-order valence-corrected chi connectivity index (χ4v) is 3.83. The van der Waals surface area contributed by atoms with Gasteiger partial charge in [-0.25, -0.2) is 0 Å². The van der Waals surface area contributed by atoms with E-state index in [1.807, 2.05) is 11.3 Å². The van der Waals surface area contributed by atoms with E-state index in [9.17, 15) is 0 Å². The summed E-state index contributed by atoms with van der Waals surface area (Å²) >= 11 is 5.47. The molecule has 1 nitrogen and oxygen atoms in total. The van der Waals surface area contributed by atoms with E-state index in [0.29, 0.717) is 0 Å². The Hall–Kier alpha value is -0.900. The topological polar surface area (TPSA) is 12.0 Å². The summed E-state index contributed by atoms with van der Waals surface area (Å²) in [5.74, 6) is 0. The summed E-state index contributed by atoms with van der Waals surface area (Å²) in [6.07, 6.45) is 4.98. The van der Waals surface area contributed by atoms with E-state index in [2.05, 4.69) is 70.6 Å².